The average Bonchev–Trinajstić information content (AvgIpc) is 2.63. The first kappa shape index (κ1) is 23.3. The normalized spacial score (nSPS) is 15.8. The van der Waals surface area contributed by atoms with Gasteiger partial charge in [0.15, 0.2) is 23.3 Å². The molecule has 154 valence electrons. The van der Waals surface area contributed by atoms with Crippen LogP contribution in [0.15, 0.2) is 0 Å². The number of hydrogen-bond donors (Lipinski definition) is 0. The molecule has 1 aliphatic heterocycles. The van der Waals surface area contributed by atoms with Crippen molar-refractivity contribution in [3.05, 3.63) is 34.6 Å². The van der Waals surface area contributed by atoms with Crippen LogP contribution >= 0.6 is 0 Å². The van der Waals surface area contributed by atoms with E-state index in [9.17, 15) is 31.9 Å². The Morgan fingerprint density at radius 3 is 1.78 bits per heavy atom. The van der Waals surface area contributed by atoms with Gasteiger partial charge in [0.2, 0.25) is 5.82 Å². The predicted molar refractivity (Wildman–Crippen MR) is 89.3 cm³/mol. The summed E-state index contributed by atoms with van der Waals surface area (Å²) < 4.78 is 63.3. The van der Waals surface area contributed by atoms with Gasteiger partial charge in [-0.15, -0.1) is 0 Å². The number of benzene rings is 1. The minimum absolute atomic E-state index is 1.36. The second-order valence-electron chi connectivity index (χ2n) is 7.14. The Balaban J connectivity index is 0.000000271. The van der Waals surface area contributed by atoms with Crippen molar-refractivity contribution in [3.63, 3.8) is 0 Å². The molecule has 0 saturated carbocycles. The van der Waals surface area contributed by atoms with Gasteiger partial charge < -0.3 is 14.4 Å². The number of nitrogens with zero attached hydrogens (tertiary/aromatic N) is 1. The highest BCUT2D eigenvalue weighted by Gasteiger charge is 2.26. The summed E-state index contributed by atoms with van der Waals surface area (Å²) in [6.45, 7) is 6.59. The number of piperidine rings is 1. The lowest BCUT2D eigenvalue weighted by atomic mass is 10.1. The molecular formula is C19H26F5NO2. The molecule has 1 aromatic carbocycles. The zero-order valence-electron chi connectivity index (χ0n) is 15.7. The topological polar surface area (TPSA) is 40.1 Å². The van der Waals surface area contributed by atoms with Gasteiger partial charge in [-0.25, -0.2) is 22.0 Å². The van der Waals surface area contributed by atoms with Gasteiger partial charge in [0.25, 0.3) is 0 Å². The highest BCUT2D eigenvalue weighted by atomic mass is 19.2. The second-order valence-corrected chi connectivity index (χ2v) is 7.14. The van der Waals surface area contributed by atoms with Gasteiger partial charge >= 0.3 is 0 Å². The van der Waals surface area contributed by atoms with Crippen LogP contribution < -0.4 is 5.11 Å². The minimum atomic E-state index is -2.47. The number of halogens is 5. The molecule has 0 aliphatic carbocycles. The average molecular weight is 395 g/mol. The molecule has 0 radical (unpaired) electrons. The number of hydrogen-bond acceptors (Lipinski definition) is 2. The Morgan fingerprint density at radius 2 is 1.33 bits per heavy atom. The Morgan fingerprint density at radius 1 is 0.852 bits per heavy atom. The molecule has 0 spiro atoms. The van der Waals surface area contributed by atoms with E-state index in [0.717, 1.165) is 0 Å². The summed E-state index contributed by atoms with van der Waals surface area (Å²) in [6, 6.07) is 0. The van der Waals surface area contributed by atoms with Crippen LogP contribution in [0.1, 0.15) is 62.2 Å². The van der Waals surface area contributed by atoms with E-state index in [1.807, 2.05) is 0 Å². The lowest BCUT2D eigenvalue weighted by molar-refractivity contribution is -0.914. The van der Waals surface area contributed by atoms with Crippen molar-refractivity contribution >= 4 is 5.97 Å². The van der Waals surface area contributed by atoms with E-state index in [0.29, 0.717) is 0 Å². The molecule has 1 fully saturated rings. The molecular weight excluding hydrogens is 369 g/mol. The van der Waals surface area contributed by atoms with Crippen molar-refractivity contribution in [2.45, 2.75) is 51.9 Å². The first-order valence-corrected chi connectivity index (χ1v) is 9.21. The lowest BCUT2D eigenvalue weighted by Gasteiger charge is -2.37. The summed E-state index contributed by atoms with van der Waals surface area (Å²) in [4.78, 5) is 10.0. The Kier molecular flexibility index (Phi) is 9.15. The molecule has 8 heteroatoms. The van der Waals surface area contributed by atoms with E-state index in [2.05, 4.69) is 14.0 Å². The standard InChI is InChI=1S/C12H26N.C7HF5O2/c1-3-4-5-7-10-13(2)11-8-6-9-12-13;8-2-1(7(13)14)3(9)5(11)6(12)4(2)10/h3-12H2,1-2H3;(H,13,14)/q+1;/p-1. The van der Waals surface area contributed by atoms with Crippen molar-refractivity contribution < 1.29 is 36.3 Å². The quantitative estimate of drug-likeness (QED) is 0.241. The first-order valence-electron chi connectivity index (χ1n) is 9.21. The van der Waals surface area contributed by atoms with E-state index in [1.165, 1.54) is 69.1 Å². The maximum Gasteiger partial charge on any atom is 0.200 e. The van der Waals surface area contributed by atoms with E-state index in [4.69, 9.17) is 0 Å². The number of carboxylic acid groups (broad SMARTS) is 1. The third-order valence-corrected chi connectivity index (χ3v) is 4.86. The van der Waals surface area contributed by atoms with E-state index in [-0.39, 0.29) is 0 Å². The van der Waals surface area contributed by atoms with Crippen molar-refractivity contribution in [3.8, 4) is 0 Å². The van der Waals surface area contributed by atoms with Crippen LogP contribution in [0.25, 0.3) is 0 Å². The molecule has 1 aromatic rings. The van der Waals surface area contributed by atoms with Crippen LogP contribution in [0, 0.1) is 29.1 Å². The fourth-order valence-electron chi connectivity index (χ4n) is 3.20. The predicted octanol–water partition coefficient (Wildman–Crippen LogP) is 3.94. The SMILES string of the molecule is CCCCCC[N+]1(C)CCCCC1.O=C([O-])c1c(F)c(F)c(F)c(F)c1F. The monoisotopic (exact) mass is 395 g/mol. The van der Waals surface area contributed by atoms with Gasteiger partial charge in [0, 0.05) is 0 Å². The van der Waals surface area contributed by atoms with Gasteiger partial charge in [0.1, 0.15) is 0 Å². The van der Waals surface area contributed by atoms with Crippen LogP contribution in [0.2, 0.25) is 0 Å². The number of carboxylic acids is 1. The van der Waals surface area contributed by atoms with Crippen LogP contribution in [0.3, 0.4) is 0 Å². The Hall–Kier alpha value is -1.70. The molecule has 0 N–H and O–H groups in total. The van der Waals surface area contributed by atoms with Crippen molar-refractivity contribution in [2.75, 3.05) is 26.7 Å². The summed E-state index contributed by atoms with van der Waals surface area (Å²) in [6.07, 6.45) is 10.1. The number of carbonyl (C=O) groups excluding carboxylic acids is 1. The molecule has 0 atom stereocenters. The molecule has 0 bridgehead atoms. The zero-order valence-corrected chi connectivity index (χ0v) is 15.7. The number of likely N-dealkylation sites (tertiary alicyclic amines) is 1. The summed E-state index contributed by atoms with van der Waals surface area (Å²) in [7, 11) is 2.45. The number of unbranched alkanes of at least 4 members (excludes halogenated alkanes) is 3. The van der Waals surface area contributed by atoms with Crippen molar-refractivity contribution in [2.24, 2.45) is 0 Å². The number of carbonyl (C=O) groups is 1. The van der Waals surface area contributed by atoms with E-state index >= 15 is 0 Å². The third-order valence-electron chi connectivity index (χ3n) is 4.86. The molecule has 0 unspecified atom stereocenters. The summed E-state index contributed by atoms with van der Waals surface area (Å²) in [5, 5.41) is 10.0. The fourth-order valence-corrected chi connectivity index (χ4v) is 3.20. The van der Waals surface area contributed by atoms with E-state index in [1.54, 1.807) is 0 Å². The Labute approximate surface area is 156 Å². The highest BCUT2D eigenvalue weighted by molar-refractivity contribution is 5.86. The van der Waals surface area contributed by atoms with Crippen LogP contribution in [-0.4, -0.2) is 37.1 Å². The van der Waals surface area contributed by atoms with Gasteiger partial charge in [0.05, 0.1) is 38.2 Å². The maximum atomic E-state index is 12.5. The smallest absolute Gasteiger partial charge is 0.200 e. The summed E-state index contributed by atoms with van der Waals surface area (Å²) in [5.41, 5.74) is -1.97. The number of quaternary nitrogens is 1. The first-order chi connectivity index (χ1) is 12.6. The van der Waals surface area contributed by atoms with Crippen LogP contribution in [0.4, 0.5) is 22.0 Å². The lowest BCUT2D eigenvalue weighted by Crippen LogP contribution is -2.48. The molecule has 0 amide bonds. The van der Waals surface area contributed by atoms with Gasteiger partial charge in [-0.05, 0) is 32.1 Å². The second kappa shape index (κ2) is 10.6. The third kappa shape index (κ3) is 6.45. The molecule has 3 nitrogen and oxygen atoms in total. The molecule has 0 aromatic heterocycles. The van der Waals surface area contributed by atoms with Crippen LogP contribution in [0.5, 0.6) is 0 Å². The van der Waals surface area contributed by atoms with Gasteiger partial charge in [-0.2, -0.15) is 0 Å². The Bertz CT molecular complexity index is 616. The van der Waals surface area contributed by atoms with Crippen molar-refractivity contribution in [1.82, 2.24) is 0 Å². The summed E-state index contributed by atoms with van der Waals surface area (Å²) >= 11 is 0. The van der Waals surface area contributed by atoms with Crippen LogP contribution in [-0.2, 0) is 0 Å². The fraction of sp³-hybridized carbons (Fsp3) is 0.632. The molecule has 1 saturated heterocycles. The largest absolute Gasteiger partial charge is 0.545 e. The molecule has 2 rings (SSSR count). The molecule has 1 aliphatic rings. The molecule has 27 heavy (non-hydrogen) atoms. The van der Waals surface area contributed by atoms with Gasteiger partial charge in [-0.1, -0.05) is 19.8 Å². The summed E-state index contributed by atoms with van der Waals surface area (Å²) in [5.74, 6) is -14.4. The minimum Gasteiger partial charge on any atom is -0.545 e. The van der Waals surface area contributed by atoms with E-state index < -0.39 is 40.6 Å². The number of rotatable bonds is 6. The van der Waals surface area contributed by atoms with Crippen molar-refractivity contribution in [1.29, 1.82) is 0 Å². The number of aromatic carboxylic acids is 1. The molecule has 1 heterocycles. The zero-order chi connectivity index (χ0) is 20.6. The maximum absolute atomic E-state index is 12.5. The highest BCUT2D eigenvalue weighted by Crippen LogP contribution is 2.22. The van der Waals surface area contributed by atoms with Gasteiger partial charge in [-0.3, -0.25) is 0 Å².